The van der Waals surface area contributed by atoms with Crippen molar-refractivity contribution in [3.8, 4) is 0 Å². The third-order valence-corrected chi connectivity index (χ3v) is 7.50. The molecule has 0 amide bonds. The van der Waals surface area contributed by atoms with E-state index in [2.05, 4.69) is 30.3 Å². The van der Waals surface area contributed by atoms with E-state index in [0.717, 1.165) is 6.61 Å². The van der Waals surface area contributed by atoms with E-state index < -0.39 is 13.3 Å². The number of unbranched alkanes of at least 4 members (excludes halogenated alkanes) is 2. The SMILES string of the molecule is CCCCC/[C](=C\COC)[Ge]([CH3])([CH3])[CH3]. The second-order valence-electron chi connectivity index (χ2n) is 4.89. The molecule has 14 heavy (non-hydrogen) atoms. The van der Waals surface area contributed by atoms with Crippen LogP contribution in [-0.4, -0.2) is 27.0 Å². The molecule has 0 heterocycles. The number of ether oxygens (including phenoxy) is 1. The van der Waals surface area contributed by atoms with Gasteiger partial charge in [0.2, 0.25) is 0 Å². The van der Waals surface area contributed by atoms with E-state index in [1.165, 1.54) is 25.7 Å². The molecule has 0 aliphatic rings. The number of rotatable bonds is 7. The first-order valence-corrected chi connectivity index (χ1v) is 13.0. The summed E-state index contributed by atoms with van der Waals surface area (Å²) in [6.45, 7) is 3.06. The van der Waals surface area contributed by atoms with Crippen LogP contribution in [0, 0.1) is 0 Å². The van der Waals surface area contributed by atoms with E-state index in [0.29, 0.717) is 0 Å². The van der Waals surface area contributed by atoms with Gasteiger partial charge in [0.05, 0.1) is 0 Å². The van der Waals surface area contributed by atoms with E-state index in [4.69, 9.17) is 4.74 Å². The fourth-order valence-corrected chi connectivity index (χ4v) is 4.94. The number of allylic oxidation sites excluding steroid dienone is 1. The fraction of sp³-hybridized carbons (Fsp3) is 0.833. The molecule has 84 valence electrons. The summed E-state index contributed by atoms with van der Waals surface area (Å²) in [6.07, 6.45) is 7.67. The van der Waals surface area contributed by atoms with E-state index in [1.807, 2.05) is 0 Å². The standard InChI is InChI=1S/C12H26GeO/c1-6-7-8-9-12(10-11-14-5)13(2,3)4/h10H,6-9,11H2,1-5H3/b12-10+. The Balaban J connectivity index is 4.12. The first kappa shape index (κ1) is 14.2. The fourth-order valence-electron chi connectivity index (χ4n) is 1.53. The predicted octanol–water partition coefficient (Wildman–Crippen LogP) is 4.02. The first-order valence-electron chi connectivity index (χ1n) is 5.70. The van der Waals surface area contributed by atoms with Crippen LogP contribution in [0.3, 0.4) is 0 Å². The molecule has 0 rings (SSSR count). The molecule has 0 saturated heterocycles. The number of methoxy groups -OCH3 is 1. The Hall–Kier alpha value is 0.243. The Morgan fingerprint density at radius 1 is 1.21 bits per heavy atom. The normalized spacial score (nSPS) is 13.4. The molecule has 0 saturated carbocycles. The second-order valence-corrected chi connectivity index (χ2v) is 15.7. The maximum atomic E-state index is 5.13. The minimum absolute atomic E-state index is 0.796. The summed E-state index contributed by atoms with van der Waals surface area (Å²) in [5.74, 6) is 7.40. The van der Waals surface area contributed by atoms with Crippen molar-refractivity contribution in [2.75, 3.05) is 13.7 Å². The van der Waals surface area contributed by atoms with Gasteiger partial charge in [-0.3, -0.25) is 0 Å². The summed E-state index contributed by atoms with van der Waals surface area (Å²) in [7, 11) is 1.77. The van der Waals surface area contributed by atoms with E-state index >= 15 is 0 Å². The van der Waals surface area contributed by atoms with E-state index in [9.17, 15) is 0 Å². The molecule has 0 aromatic heterocycles. The quantitative estimate of drug-likeness (QED) is 0.495. The zero-order chi connectivity index (χ0) is 11.0. The summed E-state index contributed by atoms with van der Waals surface area (Å²) in [6, 6.07) is 0. The monoisotopic (exact) mass is 260 g/mol. The summed E-state index contributed by atoms with van der Waals surface area (Å²) in [5, 5.41) is 0. The van der Waals surface area contributed by atoms with Crippen molar-refractivity contribution in [1.29, 1.82) is 0 Å². The van der Waals surface area contributed by atoms with Gasteiger partial charge in [0, 0.05) is 0 Å². The molecular weight excluding hydrogens is 233 g/mol. The third-order valence-electron chi connectivity index (χ3n) is 2.51. The second kappa shape index (κ2) is 7.52. The van der Waals surface area contributed by atoms with Crippen molar-refractivity contribution in [2.24, 2.45) is 0 Å². The van der Waals surface area contributed by atoms with Crippen molar-refractivity contribution in [2.45, 2.75) is 49.9 Å². The Bertz CT molecular complexity index is 168. The number of hydrogen-bond acceptors (Lipinski definition) is 1. The zero-order valence-corrected chi connectivity index (χ0v) is 12.6. The molecule has 0 N–H and O–H groups in total. The van der Waals surface area contributed by atoms with Crippen LogP contribution < -0.4 is 0 Å². The average molecular weight is 259 g/mol. The van der Waals surface area contributed by atoms with Crippen molar-refractivity contribution in [3.05, 3.63) is 10.5 Å². The van der Waals surface area contributed by atoms with Crippen LogP contribution in [0.2, 0.25) is 17.3 Å². The molecule has 2 heteroatoms. The molecule has 0 radical (unpaired) electrons. The van der Waals surface area contributed by atoms with Gasteiger partial charge in [-0.15, -0.1) is 0 Å². The molecule has 0 aromatic carbocycles. The topological polar surface area (TPSA) is 9.23 Å². The van der Waals surface area contributed by atoms with Gasteiger partial charge < -0.3 is 0 Å². The van der Waals surface area contributed by atoms with E-state index in [1.54, 1.807) is 11.5 Å². The van der Waals surface area contributed by atoms with Crippen molar-refractivity contribution < 1.29 is 4.74 Å². The maximum absolute atomic E-state index is 5.13. The molecule has 1 nitrogen and oxygen atoms in total. The van der Waals surface area contributed by atoms with Crippen LogP contribution in [0.4, 0.5) is 0 Å². The molecule has 0 atom stereocenters. The van der Waals surface area contributed by atoms with Crippen LogP contribution in [0.5, 0.6) is 0 Å². The molecule has 0 bridgehead atoms. The Morgan fingerprint density at radius 2 is 1.86 bits per heavy atom. The van der Waals surface area contributed by atoms with Gasteiger partial charge in [-0.25, -0.2) is 0 Å². The number of hydrogen-bond donors (Lipinski definition) is 0. The first-order chi connectivity index (χ1) is 6.52. The van der Waals surface area contributed by atoms with Gasteiger partial charge in [-0.2, -0.15) is 0 Å². The molecule has 0 aliphatic carbocycles. The van der Waals surface area contributed by atoms with Gasteiger partial charge in [0.25, 0.3) is 0 Å². The Labute approximate surface area is 92.3 Å². The molecule has 0 aromatic rings. The predicted molar refractivity (Wildman–Crippen MR) is 67.4 cm³/mol. The van der Waals surface area contributed by atoms with E-state index in [-0.39, 0.29) is 0 Å². The zero-order valence-electron chi connectivity index (χ0n) is 10.5. The van der Waals surface area contributed by atoms with Gasteiger partial charge >= 0.3 is 92.1 Å². The Kier molecular flexibility index (Phi) is 7.65. The van der Waals surface area contributed by atoms with Crippen LogP contribution in [-0.2, 0) is 4.74 Å². The minimum atomic E-state index is -1.58. The van der Waals surface area contributed by atoms with Crippen LogP contribution in [0.1, 0.15) is 32.6 Å². The average Bonchev–Trinajstić information content (AvgIpc) is 2.09. The summed E-state index contributed by atoms with van der Waals surface area (Å²) < 4.78 is 6.85. The van der Waals surface area contributed by atoms with Crippen LogP contribution in [0.25, 0.3) is 0 Å². The third kappa shape index (κ3) is 6.66. The summed E-state index contributed by atoms with van der Waals surface area (Å²) in [5.41, 5.74) is 0. The summed E-state index contributed by atoms with van der Waals surface area (Å²) in [4.78, 5) is 0. The van der Waals surface area contributed by atoms with Crippen molar-refractivity contribution in [3.63, 3.8) is 0 Å². The van der Waals surface area contributed by atoms with Gasteiger partial charge in [0.15, 0.2) is 0 Å². The molecule has 0 spiro atoms. The Morgan fingerprint density at radius 3 is 2.29 bits per heavy atom. The van der Waals surface area contributed by atoms with Crippen molar-refractivity contribution >= 4 is 13.3 Å². The van der Waals surface area contributed by atoms with Gasteiger partial charge in [-0.05, 0) is 0 Å². The summed E-state index contributed by atoms with van der Waals surface area (Å²) >= 11 is -1.58. The van der Waals surface area contributed by atoms with Crippen LogP contribution >= 0.6 is 0 Å². The molecular formula is C12H26GeO. The van der Waals surface area contributed by atoms with Crippen molar-refractivity contribution in [1.82, 2.24) is 0 Å². The van der Waals surface area contributed by atoms with Crippen LogP contribution in [0.15, 0.2) is 10.5 Å². The molecule has 0 fully saturated rings. The molecule has 0 aliphatic heterocycles. The van der Waals surface area contributed by atoms with Gasteiger partial charge in [0.1, 0.15) is 0 Å². The van der Waals surface area contributed by atoms with Gasteiger partial charge in [-0.1, -0.05) is 0 Å². The molecule has 0 unspecified atom stereocenters.